The molecule has 2 aromatic rings. The molecule has 0 bridgehead atoms. The van der Waals surface area contributed by atoms with Crippen molar-refractivity contribution in [1.82, 2.24) is 19.7 Å². The van der Waals surface area contributed by atoms with Crippen molar-refractivity contribution in [2.75, 3.05) is 12.3 Å². The van der Waals surface area contributed by atoms with E-state index >= 15 is 0 Å². The average molecular weight is 385 g/mol. The number of hydrogen-bond acceptors (Lipinski definition) is 5. The van der Waals surface area contributed by atoms with Crippen LogP contribution in [0.2, 0.25) is 0 Å². The monoisotopic (exact) mass is 384 g/mol. The Bertz CT molecular complexity index is 838. The van der Waals surface area contributed by atoms with Gasteiger partial charge in [0.25, 0.3) is 11.8 Å². The normalized spacial score (nSPS) is 16.5. The molecule has 1 aromatic carbocycles. The molecule has 0 saturated heterocycles. The summed E-state index contributed by atoms with van der Waals surface area (Å²) >= 11 is 1.73. The molecule has 1 aromatic heterocycles. The van der Waals surface area contributed by atoms with Crippen molar-refractivity contribution in [3.8, 4) is 0 Å². The first-order valence-corrected chi connectivity index (χ1v) is 10.6. The van der Waals surface area contributed by atoms with E-state index in [1.807, 2.05) is 0 Å². The lowest BCUT2D eigenvalue weighted by molar-refractivity contribution is 0.0652. The second-order valence-electron chi connectivity index (χ2n) is 7.46. The van der Waals surface area contributed by atoms with Gasteiger partial charge >= 0.3 is 0 Å². The minimum absolute atomic E-state index is 0.168. The Morgan fingerprint density at radius 1 is 1.07 bits per heavy atom. The van der Waals surface area contributed by atoms with Crippen molar-refractivity contribution < 1.29 is 9.59 Å². The smallest absolute Gasteiger partial charge is 0.261 e. The van der Waals surface area contributed by atoms with Crippen LogP contribution in [0.1, 0.15) is 78.0 Å². The number of carbonyl (C=O) groups excluding carboxylic acids is 2. The van der Waals surface area contributed by atoms with Gasteiger partial charge in [-0.1, -0.05) is 37.7 Å². The SMILES string of the molecule is CC(C)c1nnc(SCCCCN2C(=O)c3ccccc3C2=O)n1C1CC1. The number of unbranched alkanes of at least 4 members (excludes halogenated alkanes) is 1. The molecule has 4 rings (SSSR count). The van der Waals surface area contributed by atoms with Crippen LogP contribution in [0.3, 0.4) is 0 Å². The molecule has 0 unspecified atom stereocenters. The van der Waals surface area contributed by atoms with Gasteiger partial charge < -0.3 is 4.57 Å². The third kappa shape index (κ3) is 3.52. The predicted octanol–water partition coefficient (Wildman–Crippen LogP) is 3.90. The number of imide groups is 1. The van der Waals surface area contributed by atoms with Gasteiger partial charge in [-0.2, -0.15) is 0 Å². The lowest BCUT2D eigenvalue weighted by Gasteiger charge is -2.13. The third-order valence-corrected chi connectivity index (χ3v) is 6.03. The van der Waals surface area contributed by atoms with Gasteiger partial charge in [0.05, 0.1) is 11.1 Å². The summed E-state index contributed by atoms with van der Waals surface area (Å²) in [6.07, 6.45) is 4.15. The molecule has 0 atom stereocenters. The van der Waals surface area contributed by atoms with Crippen LogP contribution < -0.4 is 0 Å². The van der Waals surface area contributed by atoms with Crippen LogP contribution >= 0.6 is 11.8 Å². The molecular weight excluding hydrogens is 360 g/mol. The number of rotatable bonds is 8. The molecule has 142 valence electrons. The Labute approximate surface area is 163 Å². The van der Waals surface area contributed by atoms with Gasteiger partial charge in [0.2, 0.25) is 0 Å². The molecule has 2 amide bonds. The first-order valence-electron chi connectivity index (χ1n) is 9.60. The van der Waals surface area contributed by atoms with Crippen LogP contribution in [0.4, 0.5) is 0 Å². The van der Waals surface area contributed by atoms with Gasteiger partial charge in [-0.3, -0.25) is 14.5 Å². The predicted molar refractivity (Wildman–Crippen MR) is 104 cm³/mol. The summed E-state index contributed by atoms with van der Waals surface area (Å²) in [5.74, 6) is 2.02. The molecule has 27 heavy (non-hydrogen) atoms. The highest BCUT2D eigenvalue weighted by atomic mass is 32.2. The van der Waals surface area contributed by atoms with Crippen LogP contribution in [-0.2, 0) is 0 Å². The maximum atomic E-state index is 12.4. The molecule has 1 saturated carbocycles. The van der Waals surface area contributed by atoms with Crippen LogP contribution in [-0.4, -0.2) is 43.8 Å². The number of hydrogen-bond donors (Lipinski definition) is 0. The summed E-state index contributed by atoms with van der Waals surface area (Å²) in [4.78, 5) is 26.1. The summed E-state index contributed by atoms with van der Waals surface area (Å²) < 4.78 is 2.31. The fraction of sp³-hybridized carbons (Fsp3) is 0.500. The maximum absolute atomic E-state index is 12.4. The van der Waals surface area contributed by atoms with Crippen LogP contribution in [0.5, 0.6) is 0 Å². The van der Waals surface area contributed by atoms with E-state index < -0.39 is 0 Å². The summed E-state index contributed by atoms with van der Waals surface area (Å²) in [5.41, 5.74) is 1.05. The minimum Gasteiger partial charge on any atom is -0.303 e. The lowest BCUT2D eigenvalue weighted by Crippen LogP contribution is -2.30. The number of fused-ring (bicyclic) bond motifs is 1. The zero-order valence-electron chi connectivity index (χ0n) is 15.7. The maximum Gasteiger partial charge on any atom is 0.261 e. The van der Waals surface area contributed by atoms with Crippen molar-refractivity contribution in [1.29, 1.82) is 0 Å². The molecule has 7 heteroatoms. The largest absolute Gasteiger partial charge is 0.303 e. The average Bonchev–Trinajstić information content (AvgIpc) is 3.37. The molecule has 0 spiro atoms. The summed E-state index contributed by atoms with van der Waals surface area (Å²) in [7, 11) is 0. The number of aromatic nitrogens is 3. The van der Waals surface area contributed by atoms with E-state index in [4.69, 9.17) is 0 Å². The molecule has 1 aliphatic carbocycles. The first kappa shape index (κ1) is 18.2. The summed E-state index contributed by atoms with van der Waals surface area (Å²) in [6.45, 7) is 4.78. The Balaban J connectivity index is 1.28. The highest BCUT2D eigenvalue weighted by Gasteiger charge is 2.34. The molecule has 6 nitrogen and oxygen atoms in total. The fourth-order valence-corrected chi connectivity index (χ4v) is 4.45. The molecule has 2 heterocycles. The van der Waals surface area contributed by atoms with Crippen molar-refractivity contribution in [3.05, 3.63) is 41.2 Å². The van der Waals surface area contributed by atoms with Gasteiger partial charge in [0, 0.05) is 24.3 Å². The van der Waals surface area contributed by atoms with E-state index in [2.05, 4.69) is 28.6 Å². The molecule has 2 aliphatic rings. The second-order valence-corrected chi connectivity index (χ2v) is 8.52. The minimum atomic E-state index is -0.168. The highest BCUT2D eigenvalue weighted by molar-refractivity contribution is 7.99. The van der Waals surface area contributed by atoms with E-state index in [-0.39, 0.29) is 11.8 Å². The van der Waals surface area contributed by atoms with E-state index in [0.29, 0.717) is 29.6 Å². The van der Waals surface area contributed by atoms with E-state index in [1.165, 1.54) is 17.7 Å². The Morgan fingerprint density at radius 3 is 2.33 bits per heavy atom. The van der Waals surface area contributed by atoms with Crippen molar-refractivity contribution in [3.63, 3.8) is 0 Å². The number of amides is 2. The van der Waals surface area contributed by atoms with Crippen LogP contribution in [0.25, 0.3) is 0 Å². The number of carbonyl (C=O) groups is 2. The van der Waals surface area contributed by atoms with E-state index in [9.17, 15) is 9.59 Å². The van der Waals surface area contributed by atoms with Crippen LogP contribution in [0, 0.1) is 0 Å². The Morgan fingerprint density at radius 2 is 1.74 bits per heavy atom. The van der Waals surface area contributed by atoms with Gasteiger partial charge in [-0.25, -0.2) is 0 Å². The molecule has 1 aliphatic heterocycles. The van der Waals surface area contributed by atoms with Gasteiger partial charge in [-0.05, 0) is 37.8 Å². The van der Waals surface area contributed by atoms with Crippen LogP contribution in [0.15, 0.2) is 29.4 Å². The van der Waals surface area contributed by atoms with Gasteiger partial charge in [0.1, 0.15) is 5.82 Å². The van der Waals surface area contributed by atoms with E-state index in [0.717, 1.165) is 29.6 Å². The number of thioether (sulfide) groups is 1. The van der Waals surface area contributed by atoms with E-state index in [1.54, 1.807) is 36.0 Å². The lowest BCUT2D eigenvalue weighted by atomic mass is 10.1. The third-order valence-electron chi connectivity index (χ3n) is 5.00. The first-order chi connectivity index (χ1) is 13.1. The van der Waals surface area contributed by atoms with Gasteiger partial charge in [-0.15, -0.1) is 10.2 Å². The van der Waals surface area contributed by atoms with Crippen molar-refractivity contribution in [2.24, 2.45) is 0 Å². The zero-order valence-corrected chi connectivity index (χ0v) is 16.5. The van der Waals surface area contributed by atoms with Crippen molar-refractivity contribution in [2.45, 2.75) is 56.6 Å². The van der Waals surface area contributed by atoms with Gasteiger partial charge in [0.15, 0.2) is 5.16 Å². The second kappa shape index (κ2) is 7.46. The standard InChI is InChI=1S/C20H24N4O2S/c1-13(2)17-21-22-20(24(17)14-9-10-14)27-12-6-5-11-23-18(25)15-7-3-4-8-16(15)19(23)26/h3-4,7-8,13-14H,5-6,9-12H2,1-2H3. The topological polar surface area (TPSA) is 68.1 Å². The Kier molecular flexibility index (Phi) is 5.04. The highest BCUT2D eigenvalue weighted by Crippen LogP contribution is 2.40. The number of benzene rings is 1. The molecular formula is C20H24N4O2S. The fourth-order valence-electron chi connectivity index (χ4n) is 3.43. The zero-order chi connectivity index (χ0) is 19.0. The summed E-state index contributed by atoms with van der Waals surface area (Å²) in [5, 5.41) is 9.76. The Hall–Kier alpha value is -2.15. The quantitative estimate of drug-likeness (QED) is 0.392. The molecule has 1 fully saturated rings. The summed E-state index contributed by atoms with van der Waals surface area (Å²) in [6, 6.07) is 7.61. The number of nitrogens with zero attached hydrogens (tertiary/aromatic N) is 4. The van der Waals surface area contributed by atoms with Crippen molar-refractivity contribution >= 4 is 23.6 Å². The molecule has 0 radical (unpaired) electrons. The molecule has 0 N–H and O–H groups in total.